The first-order valence-corrected chi connectivity index (χ1v) is 9.36. The van der Waals surface area contributed by atoms with Gasteiger partial charge in [0, 0.05) is 13.1 Å². The van der Waals surface area contributed by atoms with E-state index < -0.39 is 23.2 Å². The standard InChI is InChI=1S/C5H12F4N5P3/c1-13-4-3-5-14(2)17(13)11-15(6,7)10-16(8,9)12-17/h3-5H2,1-2H3. The monoisotopic (exact) mass is 311 g/mol. The summed E-state index contributed by atoms with van der Waals surface area (Å²) in [6.07, 6.45) is 0.727. The van der Waals surface area contributed by atoms with Crippen LogP contribution in [0, 0.1) is 0 Å². The molecule has 0 aromatic carbocycles. The van der Waals surface area contributed by atoms with E-state index in [0.29, 0.717) is 13.1 Å². The quantitative estimate of drug-likeness (QED) is 0.467. The molecule has 2 aliphatic rings. The van der Waals surface area contributed by atoms with Crippen LogP contribution in [0.5, 0.6) is 0 Å². The maximum absolute atomic E-state index is 13.3. The molecule has 0 unspecified atom stereocenters. The van der Waals surface area contributed by atoms with Crippen molar-refractivity contribution >= 4 is 23.2 Å². The van der Waals surface area contributed by atoms with Crippen molar-refractivity contribution in [2.45, 2.75) is 6.42 Å². The summed E-state index contributed by atoms with van der Waals surface area (Å²) in [4.78, 5) is 0. The maximum Gasteiger partial charge on any atom is 0.423 e. The summed E-state index contributed by atoms with van der Waals surface area (Å²) in [6.45, 7) is 0.899. The van der Waals surface area contributed by atoms with Crippen molar-refractivity contribution in [3.63, 3.8) is 0 Å². The summed E-state index contributed by atoms with van der Waals surface area (Å²) in [7, 11) is -10.7. The normalized spacial score (nSPS) is 31.4. The smallest absolute Gasteiger partial charge is 0.243 e. The van der Waals surface area contributed by atoms with Crippen LogP contribution >= 0.6 is 23.2 Å². The molecule has 1 spiro atoms. The fourth-order valence-corrected chi connectivity index (χ4v) is 10.1. The van der Waals surface area contributed by atoms with Crippen LogP contribution in [0.25, 0.3) is 0 Å². The number of rotatable bonds is 0. The van der Waals surface area contributed by atoms with Gasteiger partial charge in [0.15, 0.2) is 0 Å². The van der Waals surface area contributed by atoms with E-state index in [1.807, 2.05) is 0 Å². The Morgan fingerprint density at radius 2 is 1.29 bits per heavy atom. The highest BCUT2D eigenvalue weighted by atomic mass is 31.3. The summed E-state index contributed by atoms with van der Waals surface area (Å²) in [6, 6.07) is 0. The Balaban J connectivity index is 2.69. The van der Waals surface area contributed by atoms with E-state index >= 15 is 0 Å². The number of nitrogens with zero attached hydrogens (tertiary/aromatic N) is 5. The first-order valence-electron chi connectivity index (χ1n) is 4.80. The third kappa shape index (κ3) is 2.54. The largest absolute Gasteiger partial charge is 0.423 e. The van der Waals surface area contributed by atoms with E-state index in [4.69, 9.17) is 0 Å². The van der Waals surface area contributed by atoms with Crippen LogP contribution in [0.2, 0.25) is 0 Å². The molecule has 1 fully saturated rings. The predicted octanol–water partition coefficient (Wildman–Crippen LogP) is 4.98. The Bertz CT molecular complexity index is 470. The Hall–Kier alpha value is 0.330. The van der Waals surface area contributed by atoms with Gasteiger partial charge in [0.25, 0.3) is 0 Å². The molecule has 5 nitrogen and oxygen atoms in total. The number of halogens is 4. The lowest BCUT2D eigenvalue weighted by Crippen LogP contribution is -2.34. The van der Waals surface area contributed by atoms with Crippen molar-refractivity contribution in [3.05, 3.63) is 0 Å². The second-order valence-corrected chi connectivity index (χ2v) is 10.2. The molecular formula is C5H12F4N5P3. The molecule has 2 rings (SSSR count). The zero-order valence-corrected chi connectivity index (χ0v) is 11.9. The van der Waals surface area contributed by atoms with Crippen LogP contribution in [-0.2, 0) is 0 Å². The molecule has 0 radical (unpaired) electrons. The van der Waals surface area contributed by atoms with E-state index in [9.17, 15) is 16.8 Å². The van der Waals surface area contributed by atoms with Gasteiger partial charge in [-0.25, -0.2) is 9.34 Å². The second kappa shape index (κ2) is 4.17. The molecule has 0 amide bonds. The minimum atomic E-state index is -5.25. The summed E-state index contributed by atoms with van der Waals surface area (Å²) >= 11 is 0. The van der Waals surface area contributed by atoms with Crippen molar-refractivity contribution in [2.24, 2.45) is 13.5 Å². The molecular weight excluding hydrogens is 299 g/mol. The van der Waals surface area contributed by atoms with Gasteiger partial charge in [0.05, 0.1) is 0 Å². The lowest BCUT2D eigenvalue weighted by atomic mass is 10.4. The minimum absolute atomic E-state index is 0.450. The average Bonchev–Trinajstić information content (AvgIpc) is 2.09. The molecule has 0 aliphatic carbocycles. The van der Waals surface area contributed by atoms with E-state index in [1.165, 1.54) is 23.4 Å². The zero-order chi connectivity index (χ0) is 12.9. The van der Waals surface area contributed by atoms with Gasteiger partial charge in [-0.3, -0.25) is 0 Å². The van der Waals surface area contributed by atoms with Crippen molar-refractivity contribution in [1.82, 2.24) is 9.34 Å². The Morgan fingerprint density at radius 1 is 0.824 bits per heavy atom. The van der Waals surface area contributed by atoms with E-state index in [-0.39, 0.29) is 0 Å². The van der Waals surface area contributed by atoms with Crippen molar-refractivity contribution in [2.75, 3.05) is 27.2 Å². The minimum Gasteiger partial charge on any atom is -0.243 e. The molecule has 17 heavy (non-hydrogen) atoms. The fraction of sp³-hybridized carbons (Fsp3) is 1.00. The molecule has 2 heterocycles. The van der Waals surface area contributed by atoms with Gasteiger partial charge in [0.2, 0.25) is 7.51 Å². The first kappa shape index (κ1) is 13.8. The topological polar surface area (TPSA) is 43.6 Å². The van der Waals surface area contributed by atoms with Crippen LogP contribution in [0.4, 0.5) is 16.8 Å². The van der Waals surface area contributed by atoms with Gasteiger partial charge < -0.3 is 0 Å². The first-order chi connectivity index (χ1) is 7.67. The third-order valence-corrected chi connectivity index (χ3v) is 10.1. The van der Waals surface area contributed by atoms with Gasteiger partial charge in [-0.15, -0.1) is 21.3 Å². The maximum atomic E-state index is 13.3. The summed E-state index contributed by atoms with van der Waals surface area (Å²) in [5.74, 6) is 0. The lowest BCUT2D eigenvalue weighted by molar-refractivity contribution is 0.376. The highest BCUT2D eigenvalue weighted by molar-refractivity contribution is 7.79. The summed E-state index contributed by atoms with van der Waals surface area (Å²) in [5, 5.41) is 0. The van der Waals surface area contributed by atoms with Crippen molar-refractivity contribution < 1.29 is 16.8 Å². The van der Waals surface area contributed by atoms with E-state index in [1.54, 1.807) is 0 Å². The molecule has 0 aromatic heterocycles. The molecule has 0 atom stereocenters. The SMILES string of the molecule is CN1CCCN(C)P12=NP(F)(F)=NP(F)(F)=N2. The molecule has 0 bridgehead atoms. The van der Waals surface area contributed by atoms with Crippen molar-refractivity contribution in [3.8, 4) is 0 Å². The average molecular weight is 311 g/mol. The van der Waals surface area contributed by atoms with Crippen LogP contribution in [-0.4, -0.2) is 36.5 Å². The number of hydrogen-bond acceptors (Lipinski definition) is 5. The van der Waals surface area contributed by atoms with Gasteiger partial charge in [-0.1, -0.05) is 0 Å². The van der Waals surface area contributed by atoms with Gasteiger partial charge >= 0.3 is 15.7 Å². The second-order valence-electron chi connectivity index (χ2n) is 3.83. The predicted molar refractivity (Wildman–Crippen MR) is 62.4 cm³/mol. The number of hydrogen-bond donors (Lipinski definition) is 0. The van der Waals surface area contributed by atoms with Crippen molar-refractivity contribution in [1.29, 1.82) is 0 Å². The zero-order valence-electron chi connectivity index (χ0n) is 9.21. The summed E-state index contributed by atoms with van der Waals surface area (Å²) in [5.41, 5.74) is 0. The Kier molecular flexibility index (Phi) is 3.38. The molecule has 0 N–H and O–H groups in total. The van der Waals surface area contributed by atoms with Crippen LogP contribution in [0.15, 0.2) is 13.5 Å². The lowest BCUT2D eigenvalue weighted by Gasteiger charge is -2.41. The molecule has 2 aliphatic heterocycles. The molecule has 12 heteroatoms. The Labute approximate surface area is 97.1 Å². The van der Waals surface area contributed by atoms with Gasteiger partial charge in [0.1, 0.15) is 0 Å². The summed E-state index contributed by atoms with van der Waals surface area (Å²) < 4.78 is 65.0. The molecule has 0 aromatic rings. The highest BCUT2D eigenvalue weighted by Gasteiger charge is 2.44. The fourth-order valence-electron chi connectivity index (χ4n) is 1.80. The van der Waals surface area contributed by atoms with Crippen LogP contribution in [0.1, 0.15) is 6.42 Å². The molecule has 100 valence electrons. The van der Waals surface area contributed by atoms with Gasteiger partial charge in [-0.05, 0) is 20.5 Å². The highest BCUT2D eigenvalue weighted by Crippen LogP contribution is 2.82. The third-order valence-electron chi connectivity index (χ3n) is 2.55. The molecule has 0 saturated carbocycles. The van der Waals surface area contributed by atoms with E-state index in [0.717, 1.165) is 6.42 Å². The Morgan fingerprint density at radius 3 is 1.76 bits per heavy atom. The van der Waals surface area contributed by atoms with Crippen LogP contribution in [0.3, 0.4) is 0 Å². The van der Waals surface area contributed by atoms with E-state index in [2.05, 4.69) is 13.5 Å². The van der Waals surface area contributed by atoms with Gasteiger partial charge in [-0.2, -0.15) is 9.03 Å². The molecule has 1 saturated heterocycles. The van der Waals surface area contributed by atoms with Crippen LogP contribution < -0.4 is 0 Å².